The maximum absolute atomic E-state index is 12.7. The number of rotatable bonds is 5. The van der Waals surface area contributed by atoms with E-state index in [2.05, 4.69) is 0 Å². The zero-order valence-corrected chi connectivity index (χ0v) is 14.1. The van der Waals surface area contributed by atoms with Gasteiger partial charge in [-0.05, 0) is 17.7 Å². The third-order valence-electron chi connectivity index (χ3n) is 4.11. The second-order valence-corrected chi connectivity index (χ2v) is 5.86. The number of nitrogens with zero attached hydrogens (tertiary/aromatic N) is 3. The van der Waals surface area contributed by atoms with Gasteiger partial charge in [0, 0.05) is 12.4 Å². The van der Waals surface area contributed by atoms with Crippen molar-refractivity contribution in [2.45, 2.75) is 18.6 Å². The number of carboxylic acid groups (broad SMARTS) is 1. The number of methoxy groups -OCH3 is 1. The molecule has 0 bridgehead atoms. The number of allylic oxidation sites excluding steroid dienone is 1. The number of carboxylic acids is 1. The van der Waals surface area contributed by atoms with E-state index in [0.29, 0.717) is 5.75 Å². The van der Waals surface area contributed by atoms with Crippen LogP contribution in [0.25, 0.3) is 0 Å². The standard InChI is InChI=1S/C16H16ClN3O5/c1-25-11-4-2-10(3-5-11)12-6-7-13(14(21)22)20-16(24)18(9-8-17)15(23)19(12)20/h2-7,12-13H,8-9H2,1H3,(H,21,22)/t12-,13+/m1/s1. The first kappa shape index (κ1) is 17.1. The SMILES string of the molecule is COc1ccc([C@H]2C=C[C@@H](C(=O)O)n3c(=O)n(CCCl)c(=O)n32)cc1. The number of hydrogen-bond acceptors (Lipinski definition) is 4. The van der Waals surface area contributed by atoms with Gasteiger partial charge in [0.05, 0.1) is 13.2 Å². The van der Waals surface area contributed by atoms with Crippen molar-refractivity contribution in [2.75, 3.05) is 13.0 Å². The molecule has 0 spiro atoms. The Morgan fingerprint density at radius 1 is 1.16 bits per heavy atom. The van der Waals surface area contributed by atoms with E-state index in [9.17, 15) is 19.5 Å². The number of aliphatic carboxylic acids is 1. The molecule has 1 aliphatic rings. The molecule has 3 rings (SSSR count). The van der Waals surface area contributed by atoms with Crippen LogP contribution < -0.4 is 16.1 Å². The third kappa shape index (κ3) is 2.78. The zero-order chi connectivity index (χ0) is 18.1. The van der Waals surface area contributed by atoms with Crippen LogP contribution in [0.15, 0.2) is 46.0 Å². The molecule has 1 aliphatic heterocycles. The van der Waals surface area contributed by atoms with E-state index in [1.165, 1.54) is 6.08 Å². The van der Waals surface area contributed by atoms with Crippen LogP contribution in [0, 0.1) is 0 Å². The maximum Gasteiger partial charge on any atom is 0.348 e. The maximum atomic E-state index is 12.7. The summed E-state index contributed by atoms with van der Waals surface area (Å²) < 4.78 is 8.19. The highest BCUT2D eigenvalue weighted by molar-refractivity contribution is 6.17. The highest BCUT2D eigenvalue weighted by atomic mass is 35.5. The van der Waals surface area contributed by atoms with Crippen LogP contribution in [0.3, 0.4) is 0 Å². The van der Waals surface area contributed by atoms with Gasteiger partial charge in [0.1, 0.15) is 5.75 Å². The molecule has 0 radical (unpaired) electrons. The number of hydrogen-bond donors (Lipinski definition) is 1. The second kappa shape index (κ2) is 6.64. The van der Waals surface area contributed by atoms with Gasteiger partial charge in [0.25, 0.3) is 0 Å². The molecule has 2 atom stereocenters. The molecule has 2 heterocycles. The van der Waals surface area contributed by atoms with Crippen LogP contribution in [-0.2, 0) is 11.3 Å². The largest absolute Gasteiger partial charge is 0.497 e. The van der Waals surface area contributed by atoms with E-state index < -0.39 is 29.4 Å². The van der Waals surface area contributed by atoms with Crippen LogP contribution in [0.2, 0.25) is 0 Å². The van der Waals surface area contributed by atoms with Crippen LogP contribution >= 0.6 is 11.6 Å². The summed E-state index contributed by atoms with van der Waals surface area (Å²) in [6.45, 7) is 0.00783. The first-order valence-corrected chi connectivity index (χ1v) is 8.08. The lowest BCUT2D eigenvalue weighted by atomic mass is 10.0. The number of fused-ring (bicyclic) bond motifs is 1. The molecule has 1 N–H and O–H groups in total. The average Bonchev–Trinajstić information content (AvgIpc) is 2.87. The molecule has 0 fully saturated rings. The highest BCUT2D eigenvalue weighted by Crippen LogP contribution is 2.26. The molecular weight excluding hydrogens is 350 g/mol. The molecule has 0 saturated heterocycles. The van der Waals surface area contributed by atoms with Crippen molar-refractivity contribution in [2.24, 2.45) is 0 Å². The van der Waals surface area contributed by atoms with Crippen LogP contribution in [0.4, 0.5) is 0 Å². The van der Waals surface area contributed by atoms with Crippen LogP contribution in [0.1, 0.15) is 17.6 Å². The van der Waals surface area contributed by atoms with Gasteiger partial charge in [0.15, 0.2) is 6.04 Å². The van der Waals surface area contributed by atoms with Gasteiger partial charge < -0.3 is 9.84 Å². The van der Waals surface area contributed by atoms with Gasteiger partial charge in [-0.25, -0.2) is 28.3 Å². The summed E-state index contributed by atoms with van der Waals surface area (Å²) in [6, 6.07) is 5.14. The lowest BCUT2D eigenvalue weighted by Gasteiger charge is -2.25. The Bertz CT molecular complexity index is 938. The van der Waals surface area contributed by atoms with Crippen LogP contribution in [0.5, 0.6) is 5.75 Å². The van der Waals surface area contributed by atoms with E-state index in [1.54, 1.807) is 37.5 Å². The molecule has 25 heavy (non-hydrogen) atoms. The van der Waals surface area contributed by atoms with Crippen molar-refractivity contribution in [1.29, 1.82) is 0 Å². The van der Waals surface area contributed by atoms with Crippen LogP contribution in [-0.4, -0.2) is 38.0 Å². The van der Waals surface area contributed by atoms with E-state index in [-0.39, 0.29) is 12.4 Å². The Balaban J connectivity index is 2.20. The summed E-state index contributed by atoms with van der Waals surface area (Å²) in [5.41, 5.74) is -0.567. The first-order valence-electron chi connectivity index (χ1n) is 7.54. The molecule has 1 aromatic carbocycles. The van der Waals surface area contributed by atoms with E-state index in [0.717, 1.165) is 19.5 Å². The van der Waals surface area contributed by atoms with Gasteiger partial charge in [-0.3, -0.25) is 0 Å². The zero-order valence-electron chi connectivity index (χ0n) is 13.3. The van der Waals surface area contributed by atoms with Crippen molar-refractivity contribution in [3.8, 4) is 5.75 Å². The summed E-state index contributed by atoms with van der Waals surface area (Å²) in [5.74, 6) is -0.503. The Morgan fingerprint density at radius 3 is 2.36 bits per heavy atom. The summed E-state index contributed by atoms with van der Waals surface area (Å²) in [4.78, 5) is 36.7. The van der Waals surface area contributed by atoms with E-state index in [1.807, 2.05) is 0 Å². The van der Waals surface area contributed by atoms with Crippen molar-refractivity contribution < 1.29 is 14.6 Å². The van der Waals surface area contributed by atoms with Crippen molar-refractivity contribution in [1.82, 2.24) is 13.9 Å². The Labute approximate surface area is 147 Å². The lowest BCUT2D eigenvalue weighted by molar-refractivity contribution is -0.140. The predicted molar refractivity (Wildman–Crippen MR) is 90.6 cm³/mol. The predicted octanol–water partition coefficient (Wildman–Crippen LogP) is 0.844. The number of carbonyl (C=O) groups is 1. The number of ether oxygens (including phenoxy) is 1. The average molecular weight is 366 g/mol. The normalized spacial score (nSPS) is 18.8. The van der Waals surface area contributed by atoms with E-state index >= 15 is 0 Å². The highest BCUT2D eigenvalue weighted by Gasteiger charge is 2.32. The molecular formula is C16H16ClN3O5. The summed E-state index contributed by atoms with van der Waals surface area (Å²) in [5, 5.41) is 9.39. The number of aromatic nitrogens is 3. The van der Waals surface area contributed by atoms with Gasteiger partial charge in [-0.15, -0.1) is 11.6 Å². The fraction of sp³-hybridized carbons (Fsp3) is 0.312. The minimum Gasteiger partial charge on any atom is -0.497 e. The Morgan fingerprint density at radius 2 is 1.80 bits per heavy atom. The van der Waals surface area contributed by atoms with Gasteiger partial charge in [-0.2, -0.15) is 0 Å². The summed E-state index contributed by atoms with van der Waals surface area (Å²) in [6.07, 6.45) is 3.01. The fourth-order valence-electron chi connectivity index (χ4n) is 2.91. The molecule has 1 aromatic heterocycles. The third-order valence-corrected chi connectivity index (χ3v) is 4.28. The fourth-order valence-corrected chi connectivity index (χ4v) is 3.08. The van der Waals surface area contributed by atoms with Gasteiger partial charge >= 0.3 is 17.3 Å². The Hall–Kier alpha value is -2.74. The molecule has 8 nitrogen and oxygen atoms in total. The molecule has 9 heteroatoms. The smallest absolute Gasteiger partial charge is 0.348 e. The molecule has 2 aromatic rings. The molecule has 0 aliphatic carbocycles. The van der Waals surface area contributed by atoms with Gasteiger partial charge in [-0.1, -0.05) is 24.3 Å². The second-order valence-electron chi connectivity index (χ2n) is 5.48. The van der Waals surface area contributed by atoms with E-state index in [4.69, 9.17) is 16.3 Å². The Kier molecular flexibility index (Phi) is 4.54. The molecule has 0 saturated carbocycles. The van der Waals surface area contributed by atoms with Crippen molar-refractivity contribution >= 4 is 17.6 Å². The summed E-state index contributed by atoms with van der Waals surface area (Å²) in [7, 11) is 1.54. The molecule has 0 unspecified atom stereocenters. The molecule has 132 valence electrons. The van der Waals surface area contributed by atoms with Crippen molar-refractivity contribution in [3.05, 3.63) is 62.9 Å². The monoisotopic (exact) mass is 365 g/mol. The molecule has 0 amide bonds. The first-order chi connectivity index (χ1) is 12.0. The number of halogens is 1. The van der Waals surface area contributed by atoms with Crippen molar-refractivity contribution in [3.63, 3.8) is 0 Å². The lowest BCUT2D eigenvalue weighted by Crippen LogP contribution is -2.38. The minimum absolute atomic E-state index is 0.00783. The minimum atomic E-state index is -1.24. The topological polar surface area (TPSA) is 95.5 Å². The van der Waals surface area contributed by atoms with Gasteiger partial charge in [0.2, 0.25) is 0 Å². The quantitative estimate of drug-likeness (QED) is 0.626. The number of alkyl halides is 1. The summed E-state index contributed by atoms with van der Waals surface area (Å²) >= 11 is 5.67. The number of benzene rings is 1.